The summed E-state index contributed by atoms with van der Waals surface area (Å²) in [6.07, 6.45) is 0.812. The Morgan fingerprint density at radius 1 is 1.17 bits per heavy atom. The van der Waals surface area contributed by atoms with Crippen LogP contribution in [0.1, 0.15) is 36.5 Å². The van der Waals surface area contributed by atoms with Crippen molar-refractivity contribution in [1.29, 1.82) is 0 Å². The van der Waals surface area contributed by atoms with Gasteiger partial charge in [0, 0.05) is 11.6 Å². The quantitative estimate of drug-likeness (QED) is 0.792. The molecule has 0 heterocycles. The Balaban J connectivity index is 1.96. The molecular formula is C20H21NO3. The van der Waals surface area contributed by atoms with Crippen LogP contribution in [0.3, 0.4) is 0 Å². The van der Waals surface area contributed by atoms with Gasteiger partial charge in [-0.05, 0) is 59.9 Å². The number of carbonyl (C=O) groups is 1. The van der Waals surface area contributed by atoms with Crippen molar-refractivity contribution >= 4 is 17.2 Å². The maximum absolute atomic E-state index is 11.7. The molecule has 0 spiro atoms. The molecule has 0 saturated heterocycles. The second-order valence-corrected chi connectivity index (χ2v) is 5.84. The predicted molar refractivity (Wildman–Crippen MR) is 95.1 cm³/mol. The number of carboxylic acids is 1. The van der Waals surface area contributed by atoms with Crippen molar-refractivity contribution in [3.8, 4) is 5.75 Å². The molecule has 124 valence electrons. The number of carboxylic acid groups (broad SMARTS) is 1. The summed E-state index contributed by atoms with van der Waals surface area (Å²) < 4.78 is 5.45. The van der Waals surface area contributed by atoms with Gasteiger partial charge in [0.2, 0.25) is 0 Å². The SMILES string of the molecule is CCOc1ccc(C2C(C(=O)O)=C2c2ccc(N)cc2CC)cc1. The van der Waals surface area contributed by atoms with Crippen LogP contribution in [0.15, 0.2) is 48.0 Å². The van der Waals surface area contributed by atoms with Crippen molar-refractivity contribution in [2.24, 2.45) is 0 Å². The average Bonchev–Trinajstić information content (AvgIpc) is 3.31. The van der Waals surface area contributed by atoms with Gasteiger partial charge in [0.15, 0.2) is 0 Å². The smallest absolute Gasteiger partial charge is 0.332 e. The molecule has 0 saturated carbocycles. The molecule has 24 heavy (non-hydrogen) atoms. The summed E-state index contributed by atoms with van der Waals surface area (Å²) in [5.74, 6) is -0.225. The molecule has 3 N–H and O–H groups in total. The largest absolute Gasteiger partial charge is 0.494 e. The molecule has 1 aliphatic carbocycles. The summed E-state index contributed by atoms with van der Waals surface area (Å²) in [5.41, 5.74) is 11.0. The van der Waals surface area contributed by atoms with E-state index in [-0.39, 0.29) is 5.92 Å². The van der Waals surface area contributed by atoms with E-state index in [4.69, 9.17) is 10.5 Å². The van der Waals surface area contributed by atoms with E-state index in [9.17, 15) is 9.90 Å². The lowest BCUT2D eigenvalue weighted by molar-refractivity contribution is -0.132. The number of nitrogen functional groups attached to an aromatic ring is 1. The number of rotatable bonds is 6. The normalized spacial score (nSPS) is 16.2. The van der Waals surface area contributed by atoms with Gasteiger partial charge in [-0.2, -0.15) is 0 Å². The summed E-state index contributed by atoms with van der Waals surface area (Å²) in [5, 5.41) is 9.57. The Labute approximate surface area is 141 Å². The number of benzene rings is 2. The lowest BCUT2D eigenvalue weighted by Crippen LogP contribution is -1.96. The molecule has 2 aromatic carbocycles. The van der Waals surface area contributed by atoms with E-state index in [0.717, 1.165) is 34.4 Å². The number of hydrogen-bond acceptors (Lipinski definition) is 3. The highest BCUT2D eigenvalue weighted by atomic mass is 16.5. The van der Waals surface area contributed by atoms with E-state index in [1.807, 2.05) is 56.3 Å². The highest BCUT2D eigenvalue weighted by Crippen LogP contribution is 2.55. The Morgan fingerprint density at radius 2 is 1.88 bits per heavy atom. The first-order valence-corrected chi connectivity index (χ1v) is 8.15. The zero-order valence-electron chi connectivity index (χ0n) is 13.9. The maximum atomic E-state index is 11.7. The molecule has 0 aromatic heterocycles. The summed E-state index contributed by atoms with van der Waals surface area (Å²) >= 11 is 0. The average molecular weight is 323 g/mol. The molecular weight excluding hydrogens is 302 g/mol. The summed E-state index contributed by atoms with van der Waals surface area (Å²) in [6, 6.07) is 13.3. The predicted octanol–water partition coefficient (Wildman–Crippen LogP) is 3.87. The Kier molecular flexibility index (Phi) is 4.30. The van der Waals surface area contributed by atoms with Gasteiger partial charge in [0.25, 0.3) is 0 Å². The summed E-state index contributed by atoms with van der Waals surface area (Å²) in [4.78, 5) is 11.7. The monoisotopic (exact) mass is 323 g/mol. The minimum absolute atomic E-state index is 0.160. The lowest BCUT2D eigenvalue weighted by Gasteiger charge is -2.09. The van der Waals surface area contributed by atoms with Crippen LogP contribution < -0.4 is 10.5 Å². The van der Waals surface area contributed by atoms with Gasteiger partial charge in [-0.3, -0.25) is 0 Å². The number of allylic oxidation sites excluding steroid dienone is 1. The van der Waals surface area contributed by atoms with Crippen LogP contribution in [-0.4, -0.2) is 17.7 Å². The molecule has 2 aromatic rings. The minimum atomic E-state index is -0.859. The van der Waals surface area contributed by atoms with Crippen molar-refractivity contribution in [2.75, 3.05) is 12.3 Å². The molecule has 4 heteroatoms. The molecule has 4 nitrogen and oxygen atoms in total. The van der Waals surface area contributed by atoms with Crippen molar-refractivity contribution in [3.05, 3.63) is 64.7 Å². The standard InChI is InChI=1S/C20H21NO3/c1-3-12-11-14(21)7-10-16(12)18-17(19(18)20(22)23)13-5-8-15(9-6-13)24-4-2/h5-11,17H,3-4,21H2,1-2H3,(H,22,23). The van der Waals surface area contributed by atoms with Crippen molar-refractivity contribution in [2.45, 2.75) is 26.2 Å². The molecule has 1 aliphatic rings. The van der Waals surface area contributed by atoms with Gasteiger partial charge in [0.1, 0.15) is 5.75 Å². The van der Waals surface area contributed by atoms with Crippen molar-refractivity contribution < 1.29 is 14.6 Å². The molecule has 3 rings (SSSR count). The van der Waals surface area contributed by atoms with Gasteiger partial charge in [-0.25, -0.2) is 4.79 Å². The van der Waals surface area contributed by atoms with E-state index in [0.29, 0.717) is 17.9 Å². The van der Waals surface area contributed by atoms with Crippen LogP contribution in [0.5, 0.6) is 5.75 Å². The number of hydrogen-bond donors (Lipinski definition) is 2. The first-order valence-electron chi connectivity index (χ1n) is 8.15. The fourth-order valence-electron chi connectivity index (χ4n) is 3.19. The number of aryl methyl sites for hydroxylation is 1. The zero-order chi connectivity index (χ0) is 17.3. The molecule has 0 fully saturated rings. The third kappa shape index (κ3) is 2.87. The second kappa shape index (κ2) is 6.40. The summed E-state index contributed by atoms with van der Waals surface area (Å²) in [7, 11) is 0. The molecule has 1 atom stereocenters. The van der Waals surface area contributed by atoms with E-state index in [1.54, 1.807) is 0 Å². The van der Waals surface area contributed by atoms with Gasteiger partial charge in [0.05, 0.1) is 12.2 Å². The van der Waals surface area contributed by atoms with E-state index in [2.05, 4.69) is 0 Å². The molecule has 0 aliphatic heterocycles. The highest BCUT2D eigenvalue weighted by molar-refractivity contribution is 6.12. The van der Waals surface area contributed by atoms with Gasteiger partial charge in [-0.15, -0.1) is 0 Å². The van der Waals surface area contributed by atoms with E-state index >= 15 is 0 Å². The van der Waals surface area contributed by atoms with Crippen molar-refractivity contribution in [3.63, 3.8) is 0 Å². The Bertz CT molecular complexity index is 806. The number of aliphatic carboxylic acids is 1. The van der Waals surface area contributed by atoms with Crippen LogP contribution in [0.2, 0.25) is 0 Å². The zero-order valence-corrected chi connectivity index (χ0v) is 13.9. The molecule has 0 bridgehead atoms. The number of anilines is 1. The first-order chi connectivity index (χ1) is 11.6. The van der Waals surface area contributed by atoms with Gasteiger partial charge >= 0.3 is 5.97 Å². The highest BCUT2D eigenvalue weighted by Gasteiger charge is 2.43. The molecule has 1 unspecified atom stereocenters. The van der Waals surface area contributed by atoms with Crippen LogP contribution in [0.4, 0.5) is 5.69 Å². The van der Waals surface area contributed by atoms with Crippen LogP contribution in [-0.2, 0) is 11.2 Å². The van der Waals surface area contributed by atoms with Gasteiger partial charge < -0.3 is 15.6 Å². The Morgan fingerprint density at radius 3 is 2.46 bits per heavy atom. The number of nitrogens with two attached hydrogens (primary N) is 1. The third-order valence-corrected chi connectivity index (χ3v) is 4.34. The summed E-state index contributed by atoms with van der Waals surface area (Å²) in [6.45, 7) is 4.59. The minimum Gasteiger partial charge on any atom is -0.494 e. The Hall–Kier alpha value is -2.75. The maximum Gasteiger partial charge on any atom is 0.332 e. The second-order valence-electron chi connectivity index (χ2n) is 5.84. The van der Waals surface area contributed by atoms with E-state index in [1.165, 1.54) is 0 Å². The third-order valence-electron chi connectivity index (χ3n) is 4.34. The lowest BCUT2D eigenvalue weighted by atomic mass is 9.97. The van der Waals surface area contributed by atoms with Crippen LogP contribution >= 0.6 is 0 Å². The van der Waals surface area contributed by atoms with Crippen molar-refractivity contribution in [1.82, 2.24) is 0 Å². The van der Waals surface area contributed by atoms with E-state index < -0.39 is 5.97 Å². The van der Waals surface area contributed by atoms with Gasteiger partial charge in [-0.1, -0.05) is 25.1 Å². The number of ether oxygens (including phenoxy) is 1. The van der Waals surface area contributed by atoms with Crippen LogP contribution in [0, 0.1) is 0 Å². The molecule has 0 amide bonds. The molecule has 0 radical (unpaired) electrons. The fraction of sp³-hybridized carbons (Fsp3) is 0.250. The topological polar surface area (TPSA) is 72.5 Å². The van der Waals surface area contributed by atoms with Crippen LogP contribution in [0.25, 0.3) is 5.57 Å². The fourth-order valence-corrected chi connectivity index (χ4v) is 3.19. The first kappa shape index (κ1) is 16.1.